The van der Waals surface area contributed by atoms with Crippen LogP contribution in [0.1, 0.15) is 12.0 Å². The van der Waals surface area contributed by atoms with Crippen LogP contribution in [0.3, 0.4) is 0 Å². The minimum atomic E-state index is -0.645. The highest BCUT2D eigenvalue weighted by atomic mass is 19.1. The summed E-state index contributed by atoms with van der Waals surface area (Å²) < 4.78 is 18.5. The highest BCUT2D eigenvalue weighted by molar-refractivity contribution is 6.00. The molecule has 0 spiro atoms. The van der Waals surface area contributed by atoms with Crippen molar-refractivity contribution in [2.75, 3.05) is 23.4 Å². The van der Waals surface area contributed by atoms with E-state index in [0.717, 1.165) is 11.3 Å². The van der Waals surface area contributed by atoms with Crippen molar-refractivity contribution in [2.24, 2.45) is 5.92 Å². The predicted molar refractivity (Wildman–Crippen MR) is 97.6 cm³/mol. The maximum atomic E-state index is 13.5. The van der Waals surface area contributed by atoms with Gasteiger partial charge in [-0.15, -0.1) is 0 Å². The van der Waals surface area contributed by atoms with Gasteiger partial charge in [0.25, 0.3) is 5.91 Å². The molecule has 1 heterocycles. The molecule has 0 saturated carbocycles. The van der Waals surface area contributed by atoms with E-state index in [2.05, 4.69) is 5.32 Å². The van der Waals surface area contributed by atoms with E-state index < -0.39 is 30.2 Å². The monoisotopic (exact) mass is 370 g/mol. The molecule has 6 nitrogen and oxygen atoms in total. The Bertz CT molecular complexity index is 867. The number of hydrogen-bond acceptors (Lipinski definition) is 4. The number of amides is 2. The second-order valence-electron chi connectivity index (χ2n) is 6.38. The van der Waals surface area contributed by atoms with Crippen LogP contribution in [-0.2, 0) is 19.1 Å². The minimum absolute atomic E-state index is 0.0140. The SMILES string of the molecule is Cc1ccc(N2C[C@H](C(=O)OCC(=O)Nc3ccccc3F)CC2=O)cc1. The standard InChI is InChI=1S/C20H19FN2O4/c1-13-6-8-15(9-7-13)23-11-14(10-19(23)25)20(26)27-12-18(24)22-17-5-3-2-4-16(17)21/h2-9,14H,10-12H2,1H3,(H,22,24)/t14-/m1/s1. The van der Waals surface area contributed by atoms with Gasteiger partial charge in [0.05, 0.1) is 11.6 Å². The third-order valence-electron chi connectivity index (χ3n) is 4.30. The molecule has 1 atom stereocenters. The molecule has 1 N–H and O–H groups in total. The lowest BCUT2D eigenvalue weighted by Gasteiger charge is -2.16. The van der Waals surface area contributed by atoms with Crippen LogP contribution in [0.15, 0.2) is 48.5 Å². The Morgan fingerprint density at radius 3 is 2.59 bits per heavy atom. The lowest BCUT2D eigenvalue weighted by molar-refractivity contribution is -0.151. The average Bonchev–Trinajstić information content (AvgIpc) is 3.04. The third-order valence-corrected chi connectivity index (χ3v) is 4.30. The van der Waals surface area contributed by atoms with Crippen molar-refractivity contribution in [1.82, 2.24) is 0 Å². The number of rotatable bonds is 5. The van der Waals surface area contributed by atoms with E-state index >= 15 is 0 Å². The molecular weight excluding hydrogens is 351 g/mol. The molecular formula is C20H19FN2O4. The van der Waals surface area contributed by atoms with E-state index in [9.17, 15) is 18.8 Å². The predicted octanol–water partition coefficient (Wildman–Crippen LogP) is 2.67. The van der Waals surface area contributed by atoms with Crippen molar-refractivity contribution in [1.29, 1.82) is 0 Å². The quantitative estimate of drug-likeness (QED) is 0.821. The van der Waals surface area contributed by atoms with Crippen LogP contribution in [0.5, 0.6) is 0 Å². The maximum absolute atomic E-state index is 13.5. The summed E-state index contributed by atoms with van der Waals surface area (Å²) in [5, 5.41) is 2.34. The number of aryl methyl sites for hydroxylation is 1. The Kier molecular flexibility index (Phi) is 5.49. The van der Waals surface area contributed by atoms with Gasteiger partial charge in [0.15, 0.2) is 6.61 Å². The highest BCUT2D eigenvalue weighted by Gasteiger charge is 2.36. The molecule has 1 aliphatic heterocycles. The van der Waals surface area contributed by atoms with Crippen LogP contribution >= 0.6 is 0 Å². The summed E-state index contributed by atoms with van der Waals surface area (Å²) >= 11 is 0. The molecule has 2 aromatic rings. The van der Waals surface area contributed by atoms with E-state index in [-0.39, 0.29) is 24.6 Å². The van der Waals surface area contributed by atoms with Gasteiger partial charge in [-0.05, 0) is 31.2 Å². The first-order valence-corrected chi connectivity index (χ1v) is 8.52. The molecule has 27 heavy (non-hydrogen) atoms. The van der Waals surface area contributed by atoms with E-state index in [1.54, 1.807) is 6.07 Å². The normalized spacial score (nSPS) is 16.3. The zero-order valence-corrected chi connectivity index (χ0v) is 14.8. The largest absolute Gasteiger partial charge is 0.455 e. The average molecular weight is 370 g/mol. The van der Waals surface area contributed by atoms with Crippen molar-refractivity contribution in [3.8, 4) is 0 Å². The van der Waals surface area contributed by atoms with Crippen molar-refractivity contribution in [2.45, 2.75) is 13.3 Å². The van der Waals surface area contributed by atoms with Gasteiger partial charge in [0.2, 0.25) is 5.91 Å². The second-order valence-corrected chi connectivity index (χ2v) is 6.38. The molecule has 1 fully saturated rings. The summed E-state index contributed by atoms with van der Waals surface area (Å²) in [6.45, 7) is 1.61. The van der Waals surface area contributed by atoms with Crippen molar-refractivity contribution in [3.63, 3.8) is 0 Å². The van der Waals surface area contributed by atoms with Gasteiger partial charge in [-0.1, -0.05) is 29.8 Å². The fraction of sp³-hybridized carbons (Fsp3) is 0.250. The van der Waals surface area contributed by atoms with Crippen molar-refractivity contribution < 1.29 is 23.5 Å². The van der Waals surface area contributed by atoms with Crippen molar-refractivity contribution >= 4 is 29.2 Å². The summed E-state index contributed by atoms with van der Waals surface area (Å²) in [6, 6.07) is 13.1. The summed E-state index contributed by atoms with van der Waals surface area (Å²) in [5.41, 5.74) is 1.81. The van der Waals surface area contributed by atoms with Gasteiger partial charge in [0.1, 0.15) is 5.82 Å². The Labute approximate surface area is 155 Å². The van der Waals surface area contributed by atoms with Gasteiger partial charge in [-0.25, -0.2) is 4.39 Å². The molecule has 2 amide bonds. The lowest BCUT2D eigenvalue weighted by Crippen LogP contribution is -2.28. The van der Waals surface area contributed by atoms with E-state index in [1.807, 2.05) is 31.2 Å². The van der Waals surface area contributed by atoms with Crippen LogP contribution < -0.4 is 10.2 Å². The number of ether oxygens (including phenoxy) is 1. The summed E-state index contributed by atoms with van der Waals surface area (Å²) in [6.07, 6.45) is 0.0294. The molecule has 0 unspecified atom stereocenters. The smallest absolute Gasteiger partial charge is 0.311 e. The van der Waals surface area contributed by atoms with Crippen LogP contribution in [0.2, 0.25) is 0 Å². The Balaban J connectivity index is 1.53. The number of carbonyl (C=O) groups is 3. The molecule has 1 saturated heterocycles. The Hall–Kier alpha value is -3.22. The number of carbonyl (C=O) groups excluding carboxylic acids is 3. The Morgan fingerprint density at radius 1 is 1.19 bits per heavy atom. The van der Waals surface area contributed by atoms with Gasteiger partial charge in [0, 0.05) is 18.7 Å². The molecule has 0 radical (unpaired) electrons. The first-order valence-electron chi connectivity index (χ1n) is 8.52. The number of anilines is 2. The fourth-order valence-corrected chi connectivity index (χ4v) is 2.84. The molecule has 140 valence electrons. The van der Waals surface area contributed by atoms with Gasteiger partial charge in [-0.2, -0.15) is 0 Å². The number of nitrogens with zero attached hydrogens (tertiary/aromatic N) is 1. The van der Waals surface area contributed by atoms with Gasteiger partial charge < -0.3 is 15.0 Å². The van der Waals surface area contributed by atoms with Crippen molar-refractivity contribution in [3.05, 3.63) is 59.9 Å². The lowest BCUT2D eigenvalue weighted by atomic mass is 10.1. The number of nitrogens with one attached hydrogen (secondary N) is 1. The number of para-hydroxylation sites is 1. The van der Waals surface area contributed by atoms with Crippen LogP contribution in [-0.4, -0.2) is 30.9 Å². The van der Waals surface area contributed by atoms with E-state index in [1.165, 1.54) is 23.1 Å². The summed E-state index contributed by atoms with van der Waals surface area (Å²) in [5.74, 6) is -2.65. The number of hydrogen-bond donors (Lipinski definition) is 1. The molecule has 0 bridgehead atoms. The molecule has 3 rings (SSSR count). The molecule has 7 heteroatoms. The molecule has 1 aliphatic rings. The topological polar surface area (TPSA) is 75.7 Å². The number of benzene rings is 2. The third kappa shape index (κ3) is 4.49. The molecule has 0 aromatic heterocycles. The summed E-state index contributed by atoms with van der Waals surface area (Å²) in [7, 11) is 0. The van der Waals surface area contributed by atoms with E-state index in [0.29, 0.717) is 0 Å². The zero-order valence-electron chi connectivity index (χ0n) is 14.8. The number of esters is 1. The first-order chi connectivity index (χ1) is 12.9. The van der Waals surface area contributed by atoms with E-state index in [4.69, 9.17) is 4.74 Å². The van der Waals surface area contributed by atoms with Crippen LogP contribution in [0.4, 0.5) is 15.8 Å². The van der Waals surface area contributed by atoms with Crippen LogP contribution in [0, 0.1) is 18.7 Å². The van der Waals surface area contributed by atoms with Crippen LogP contribution in [0.25, 0.3) is 0 Å². The highest BCUT2D eigenvalue weighted by Crippen LogP contribution is 2.26. The maximum Gasteiger partial charge on any atom is 0.311 e. The first kappa shape index (κ1) is 18.6. The molecule has 2 aromatic carbocycles. The van der Waals surface area contributed by atoms with Gasteiger partial charge in [-0.3, -0.25) is 14.4 Å². The van der Waals surface area contributed by atoms with Gasteiger partial charge >= 0.3 is 5.97 Å². The minimum Gasteiger partial charge on any atom is -0.455 e. The second kappa shape index (κ2) is 7.99. The zero-order chi connectivity index (χ0) is 19.4. The Morgan fingerprint density at radius 2 is 1.89 bits per heavy atom. The fourth-order valence-electron chi connectivity index (χ4n) is 2.84. The summed E-state index contributed by atoms with van der Waals surface area (Å²) in [4.78, 5) is 37.7. The number of halogens is 1. The molecule has 0 aliphatic carbocycles.